The lowest BCUT2D eigenvalue weighted by atomic mass is 10.00. The summed E-state index contributed by atoms with van der Waals surface area (Å²) >= 11 is 0. The largest absolute Gasteiger partial charge is 0.453 e. The molecule has 224 valence electrons. The Morgan fingerprint density at radius 1 is 0.312 bits per heavy atom. The fraction of sp³-hybridized carbons (Fsp3) is 0. The molecule has 0 aliphatic carbocycles. The third kappa shape index (κ3) is 4.20. The number of fused-ring (bicyclic) bond motifs is 9. The molecule has 0 aliphatic heterocycles. The van der Waals surface area contributed by atoms with E-state index < -0.39 is 0 Å². The van der Waals surface area contributed by atoms with E-state index in [0.29, 0.717) is 0 Å². The summed E-state index contributed by atoms with van der Waals surface area (Å²) in [5.74, 6) is 0. The van der Waals surface area contributed by atoms with Gasteiger partial charge in [-0.1, -0.05) is 133 Å². The lowest BCUT2D eigenvalue weighted by Gasteiger charge is -2.26. The Balaban J connectivity index is 1.20. The van der Waals surface area contributed by atoms with E-state index >= 15 is 0 Å². The molecule has 0 saturated heterocycles. The predicted molar refractivity (Wildman–Crippen MR) is 204 cm³/mol. The van der Waals surface area contributed by atoms with Gasteiger partial charge in [0.25, 0.3) is 0 Å². The van der Waals surface area contributed by atoms with Crippen molar-refractivity contribution in [2.45, 2.75) is 0 Å². The standard InChI is InChI=1S/C46H29NO/c1-2-11-35-28-36(19-16-30(35)8-1)31-20-24-37(25-21-31)47(38-26-22-34-18-17-32-9-3-5-12-39(32)43(34)29-38)44-15-7-14-41-42-27-23-33-10-4-6-13-40(33)45(42)48-46(41)44/h1-29H. The number of hydrogen-bond donors (Lipinski definition) is 0. The van der Waals surface area contributed by atoms with Gasteiger partial charge in [-0.2, -0.15) is 0 Å². The second-order valence-electron chi connectivity index (χ2n) is 12.6. The molecule has 0 aliphatic rings. The topological polar surface area (TPSA) is 16.4 Å². The highest BCUT2D eigenvalue weighted by Gasteiger charge is 2.21. The number of rotatable bonds is 4. The quantitative estimate of drug-likeness (QED) is 0.184. The Kier molecular flexibility index (Phi) is 5.91. The SMILES string of the molecule is c1ccc2cc(-c3ccc(N(c4ccc5ccc6ccccc6c5c4)c4cccc5c4oc4c6ccccc6ccc54)cc3)ccc2c1. The minimum atomic E-state index is 0.875. The molecule has 0 spiro atoms. The van der Waals surface area contributed by atoms with Crippen LogP contribution in [0.1, 0.15) is 0 Å². The average Bonchev–Trinajstić information content (AvgIpc) is 3.55. The van der Waals surface area contributed by atoms with Gasteiger partial charge in [-0.25, -0.2) is 0 Å². The van der Waals surface area contributed by atoms with Gasteiger partial charge in [0.15, 0.2) is 5.58 Å². The molecule has 0 bridgehead atoms. The van der Waals surface area contributed by atoms with Crippen LogP contribution in [-0.4, -0.2) is 0 Å². The third-order valence-electron chi connectivity index (χ3n) is 9.81. The molecule has 10 rings (SSSR count). The summed E-state index contributed by atoms with van der Waals surface area (Å²) in [4.78, 5) is 2.35. The number of benzene rings is 9. The van der Waals surface area contributed by atoms with E-state index in [0.717, 1.165) is 44.4 Å². The first kappa shape index (κ1) is 26.8. The minimum Gasteiger partial charge on any atom is -0.453 e. The summed E-state index contributed by atoms with van der Waals surface area (Å²) in [5.41, 5.74) is 7.34. The van der Waals surface area contributed by atoms with Crippen molar-refractivity contribution in [3.8, 4) is 11.1 Å². The maximum absolute atomic E-state index is 6.87. The first-order valence-corrected chi connectivity index (χ1v) is 16.4. The Morgan fingerprint density at radius 2 is 0.875 bits per heavy atom. The zero-order chi connectivity index (χ0) is 31.6. The van der Waals surface area contributed by atoms with Gasteiger partial charge in [-0.15, -0.1) is 0 Å². The zero-order valence-electron chi connectivity index (χ0n) is 26.1. The van der Waals surface area contributed by atoms with Crippen LogP contribution in [0, 0.1) is 0 Å². The summed E-state index contributed by atoms with van der Waals surface area (Å²) in [7, 11) is 0. The molecule has 48 heavy (non-hydrogen) atoms. The van der Waals surface area contributed by atoms with Gasteiger partial charge in [0.1, 0.15) is 5.58 Å². The van der Waals surface area contributed by atoms with Gasteiger partial charge >= 0.3 is 0 Å². The fourth-order valence-electron chi connectivity index (χ4n) is 7.42. The van der Waals surface area contributed by atoms with Gasteiger partial charge in [-0.3, -0.25) is 0 Å². The van der Waals surface area contributed by atoms with Crippen molar-refractivity contribution >= 4 is 82.1 Å². The molecule has 1 heterocycles. The van der Waals surface area contributed by atoms with Crippen molar-refractivity contribution in [3.63, 3.8) is 0 Å². The molecule has 0 radical (unpaired) electrons. The molecule has 0 unspecified atom stereocenters. The van der Waals surface area contributed by atoms with Crippen LogP contribution < -0.4 is 4.90 Å². The molecule has 0 saturated carbocycles. The van der Waals surface area contributed by atoms with E-state index in [-0.39, 0.29) is 0 Å². The van der Waals surface area contributed by atoms with Gasteiger partial charge < -0.3 is 9.32 Å². The molecule has 9 aromatic carbocycles. The van der Waals surface area contributed by atoms with Crippen LogP contribution in [0.25, 0.3) is 76.2 Å². The lowest BCUT2D eigenvalue weighted by molar-refractivity contribution is 0.673. The molecular weight excluding hydrogens is 583 g/mol. The van der Waals surface area contributed by atoms with Crippen molar-refractivity contribution in [1.29, 1.82) is 0 Å². The minimum absolute atomic E-state index is 0.875. The van der Waals surface area contributed by atoms with E-state index in [1.165, 1.54) is 48.8 Å². The molecule has 0 amide bonds. The molecule has 0 N–H and O–H groups in total. The van der Waals surface area contributed by atoms with Gasteiger partial charge in [0.05, 0.1) is 5.69 Å². The van der Waals surface area contributed by atoms with Crippen molar-refractivity contribution in [2.75, 3.05) is 4.90 Å². The van der Waals surface area contributed by atoms with Crippen LogP contribution in [0.2, 0.25) is 0 Å². The third-order valence-corrected chi connectivity index (χ3v) is 9.81. The normalized spacial score (nSPS) is 11.8. The average molecular weight is 612 g/mol. The van der Waals surface area contributed by atoms with Crippen molar-refractivity contribution < 1.29 is 4.42 Å². The van der Waals surface area contributed by atoms with E-state index in [1.807, 2.05) is 0 Å². The van der Waals surface area contributed by atoms with Gasteiger partial charge in [0.2, 0.25) is 0 Å². The first-order valence-electron chi connectivity index (χ1n) is 16.4. The zero-order valence-corrected chi connectivity index (χ0v) is 26.1. The van der Waals surface area contributed by atoms with Crippen LogP contribution in [0.4, 0.5) is 17.1 Å². The van der Waals surface area contributed by atoms with E-state index in [2.05, 4.69) is 181 Å². The summed E-state index contributed by atoms with van der Waals surface area (Å²) in [5, 5.41) is 12.0. The highest BCUT2D eigenvalue weighted by atomic mass is 16.3. The Morgan fingerprint density at radius 3 is 1.71 bits per heavy atom. The Bertz CT molecular complexity index is 2840. The van der Waals surface area contributed by atoms with Crippen molar-refractivity contribution in [1.82, 2.24) is 0 Å². The van der Waals surface area contributed by atoms with E-state index in [4.69, 9.17) is 4.42 Å². The summed E-state index contributed by atoms with van der Waals surface area (Å²) in [6.07, 6.45) is 0. The lowest BCUT2D eigenvalue weighted by Crippen LogP contribution is -2.10. The fourth-order valence-corrected chi connectivity index (χ4v) is 7.42. The molecule has 2 heteroatoms. The molecule has 0 fully saturated rings. The van der Waals surface area contributed by atoms with Crippen LogP contribution in [-0.2, 0) is 0 Å². The first-order chi connectivity index (χ1) is 23.8. The Labute approximate surface area is 277 Å². The summed E-state index contributed by atoms with van der Waals surface area (Å²) in [6.45, 7) is 0. The second-order valence-corrected chi connectivity index (χ2v) is 12.6. The Hall–Kier alpha value is -6.38. The highest BCUT2D eigenvalue weighted by Crippen LogP contribution is 2.44. The van der Waals surface area contributed by atoms with Gasteiger partial charge in [0, 0.05) is 27.5 Å². The number of hydrogen-bond acceptors (Lipinski definition) is 2. The predicted octanol–water partition coefficient (Wildman–Crippen LogP) is 13.3. The number of nitrogens with zero attached hydrogens (tertiary/aromatic N) is 1. The molecule has 10 aromatic rings. The van der Waals surface area contributed by atoms with Crippen LogP contribution in [0.3, 0.4) is 0 Å². The summed E-state index contributed by atoms with van der Waals surface area (Å²) in [6, 6.07) is 63.3. The molecular formula is C46H29NO. The number of furan rings is 1. The van der Waals surface area contributed by atoms with E-state index in [1.54, 1.807) is 0 Å². The number of anilines is 3. The number of para-hydroxylation sites is 1. The van der Waals surface area contributed by atoms with E-state index in [9.17, 15) is 0 Å². The monoisotopic (exact) mass is 611 g/mol. The van der Waals surface area contributed by atoms with Gasteiger partial charge in [-0.05, 0) is 91.3 Å². The second kappa shape index (κ2) is 10.6. The summed E-state index contributed by atoms with van der Waals surface area (Å²) < 4.78 is 6.87. The van der Waals surface area contributed by atoms with Crippen molar-refractivity contribution in [3.05, 3.63) is 176 Å². The smallest absolute Gasteiger partial charge is 0.159 e. The molecule has 1 aromatic heterocycles. The maximum atomic E-state index is 6.87. The molecule has 0 atom stereocenters. The van der Waals surface area contributed by atoms with Crippen LogP contribution in [0.5, 0.6) is 0 Å². The van der Waals surface area contributed by atoms with Crippen LogP contribution in [0.15, 0.2) is 180 Å². The maximum Gasteiger partial charge on any atom is 0.159 e. The van der Waals surface area contributed by atoms with Crippen molar-refractivity contribution in [2.24, 2.45) is 0 Å². The van der Waals surface area contributed by atoms with Crippen LogP contribution >= 0.6 is 0 Å². The molecule has 2 nitrogen and oxygen atoms in total. The highest BCUT2D eigenvalue weighted by molar-refractivity contribution is 6.18.